The molecule has 1 aromatic heterocycles. The average molecular weight is 393 g/mol. The summed E-state index contributed by atoms with van der Waals surface area (Å²) in [4.78, 5) is 12.1. The third-order valence-corrected chi connectivity index (χ3v) is 6.22. The van der Waals surface area contributed by atoms with Gasteiger partial charge in [0.15, 0.2) is 0 Å². The second kappa shape index (κ2) is 7.48. The van der Waals surface area contributed by atoms with Gasteiger partial charge in [-0.15, -0.1) is 10.2 Å². The van der Waals surface area contributed by atoms with Gasteiger partial charge in [-0.25, -0.2) is 8.42 Å². The number of nitrogens with one attached hydrogen (secondary N) is 1. The number of hydrogen-bond acceptors (Lipinski definition) is 6. The number of anilines is 1. The molecule has 25 heavy (non-hydrogen) atoms. The lowest BCUT2D eigenvalue weighted by Crippen LogP contribution is -2.18. The van der Waals surface area contributed by atoms with E-state index in [1.54, 1.807) is 0 Å². The summed E-state index contributed by atoms with van der Waals surface area (Å²) in [6, 6.07) is 4.28. The van der Waals surface area contributed by atoms with E-state index in [0.717, 1.165) is 12.1 Å². The quantitative estimate of drug-likeness (QED) is 0.760. The number of nitrogens with zero attached hydrogens (tertiary/aromatic N) is 2. The minimum atomic E-state index is -4.69. The molecule has 0 bridgehead atoms. The zero-order chi connectivity index (χ0) is 18.7. The van der Waals surface area contributed by atoms with Crippen LogP contribution in [0.15, 0.2) is 28.6 Å². The molecule has 0 aliphatic heterocycles. The monoisotopic (exact) mass is 393 g/mol. The van der Waals surface area contributed by atoms with E-state index in [2.05, 4.69) is 15.5 Å². The van der Waals surface area contributed by atoms with Crippen molar-refractivity contribution in [2.24, 2.45) is 0 Å². The maximum absolute atomic E-state index is 12.9. The Bertz CT molecular complexity index is 863. The van der Waals surface area contributed by atoms with Crippen LogP contribution in [0.4, 0.5) is 18.3 Å². The molecule has 11 heteroatoms. The van der Waals surface area contributed by atoms with E-state index in [9.17, 15) is 26.4 Å². The summed E-state index contributed by atoms with van der Waals surface area (Å²) in [5.74, 6) is -1.15. The Morgan fingerprint density at radius 1 is 1.24 bits per heavy atom. The van der Waals surface area contributed by atoms with E-state index in [-0.39, 0.29) is 15.2 Å². The molecule has 1 aromatic carbocycles. The van der Waals surface area contributed by atoms with Crippen LogP contribution in [0.2, 0.25) is 0 Å². The van der Waals surface area contributed by atoms with E-state index in [0.29, 0.717) is 24.2 Å². The Morgan fingerprint density at radius 3 is 2.56 bits per heavy atom. The topological polar surface area (TPSA) is 89.0 Å². The van der Waals surface area contributed by atoms with Crippen molar-refractivity contribution in [3.8, 4) is 0 Å². The summed E-state index contributed by atoms with van der Waals surface area (Å²) in [5.41, 5.74) is -1.67. The van der Waals surface area contributed by atoms with Crippen LogP contribution in [0.3, 0.4) is 0 Å². The molecule has 1 heterocycles. The molecule has 2 aromatic rings. The lowest BCUT2D eigenvalue weighted by atomic mass is 10.1. The number of carbonyl (C=O) groups is 1. The smallest absolute Gasteiger partial charge is 0.296 e. The summed E-state index contributed by atoms with van der Waals surface area (Å²) in [7, 11) is -3.62. The lowest BCUT2D eigenvalue weighted by Gasteiger charge is -2.11. The SMILES string of the molecule is CCCCS(=O)(=O)c1nnc(NC(=O)c2ccccc2C(F)(F)F)s1. The molecule has 1 amide bonds. The maximum Gasteiger partial charge on any atom is 0.417 e. The number of sulfone groups is 1. The van der Waals surface area contributed by atoms with E-state index in [4.69, 9.17) is 0 Å². The van der Waals surface area contributed by atoms with Crippen LogP contribution in [0, 0.1) is 0 Å². The van der Waals surface area contributed by atoms with Crippen LogP contribution in [0.25, 0.3) is 0 Å². The van der Waals surface area contributed by atoms with E-state index in [1.807, 2.05) is 6.92 Å². The fourth-order valence-corrected chi connectivity index (χ4v) is 4.38. The summed E-state index contributed by atoms with van der Waals surface area (Å²) < 4.78 is 62.5. The molecule has 0 spiro atoms. The molecule has 0 saturated carbocycles. The van der Waals surface area contributed by atoms with Crippen molar-refractivity contribution in [3.05, 3.63) is 35.4 Å². The minimum Gasteiger partial charge on any atom is -0.296 e. The molecule has 0 radical (unpaired) electrons. The Morgan fingerprint density at radius 2 is 1.92 bits per heavy atom. The fourth-order valence-electron chi connectivity index (χ4n) is 1.90. The number of alkyl halides is 3. The highest BCUT2D eigenvalue weighted by atomic mass is 32.2. The van der Waals surface area contributed by atoms with Crippen LogP contribution >= 0.6 is 11.3 Å². The summed E-state index contributed by atoms with van der Waals surface area (Å²) in [6.45, 7) is 1.83. The number of aromatic nitrogens is 2. The number of halogens is 3. The standard InChI is InChI=1S/C14H14F3N3O3S2/c1-2-3-8-25(22,23)13-20-19-12(24-13)18-11(21)9-6-4-5-7-10(9)14(15,16)17/h4-7H,2-3,8H2,1H3,(H,18,19,21). The highest BCUT2D eigenvalue weighted by Gasteiger charge is 2.35. The normalized spacial score (nSPS) is 12.2. The van der Waals surface area contributed by atoms with Crippen molar-refractivity contribution < 1.29 is 26.4 Å². The highest BCUT2D eigenvalue weighted by Crippen LogP contribution is 2.32. The fraction of sp³-hybridized carbons (Fsp3) is 0.357. The molecule has 0 aliphatic rings. The van der Waals surface area contributed by atoms with Crippen molar-refractivity contribution in [1.82, 2.24) is 10.2 Å². The van der Waals surface area contributed by atoms with Crippen molar-refractivity contribution in [2.75, 3.05) is 11.1 Å². The molecule has 0 unspecified atom stereocenters. The largest absolute Gasteiger partial charge is 0.417 e. The van der Waals surface area contributed by atoms with Crippen LogP contribution in [-0.4, -0.2) is 30.3 Å². The second-order valence-corrected chi connectivity index (χ2v) is 8.30. The van der Waals surface area contributed by atoms with Crippen molar-refractivity contribution >= 4 is 32.2 Å². The third kappa shape index (κ3) is 4.75. The van der Waals surface area contributed by atoms with Crippen LogP contribution in [0.5, 0.6) is 0 Å². The number of unbranched alkanes of at least 4 members (excludes halogenated alkanes) is 1. The van der Waals surface area contributed by atoms with Crippen LogP contribution in [-0.2, 0) is 16.0 Å². The zero-order valence-corrected chi connectivity index (χ0v) is 14.6. The van der Waals surface area contributed by atoms with Crippen molar-refractivity contribution in [2.45, 2.75) is 30.3 Å². The van der Waals surface area contributed by atoms with E-state index >= 15 is 0 Å². The number of benzene rings is 1. The number of rotatable bonds is 6. The van der Waals surface area contributed by atoms with Gasteiger partial charge in [0.05, 0.1) is 16.9 Å². The van der Waals surface area contributed by atoms with Gasteiger partial charge in [0.1, 0.15) is 0 Å². The van der Waals surface area contributed by atoms with Gasteiger partial charge < -0.3 is 0 Å². The third-order valence-electron chi connectivity index (χ3n) is 3.14. The maximum atomic E-state index is 12.9. The molecule has 6 nitrogen and oxygen atoms in total. The highest BCUT2D eigenvalue weighted by molar-refractivity contribution is 7.93. The average Bonchev–Trinajstić information content (AvgIpc) is 3.01. The minimum absolute atomic E-state index is 0.108. The Kier molecular flexibility index (Phi) is 5.78. The number of hydrogen-bond donors (Lipinski definition) is 1. The first-order valence-electron chi connectivity index (χ1n) is 7.19. The molecule has 0 atom stereocenters. The molecule has 136 valence electrons. The van der Waals surface area contributed by atoms with Gasteiger partial charge in [-0.1, -0.05) is 36.8 Å². The Hall–Kier alpha value is -2.01. The summed E-state index contributed by atoms with van der Waals surface area (Å²) in [6.07, 6.45) is -3.57. The second-order valence-electron chi connectivity index (χ2n) is 5.04. The first kappa shape index (κ1) is 19.3. The first-order chi connectivity index (χ1) is 11.6. The Labute approximate surface area is 146 Å². The summed E-state index contributed by atoms with van der Waals surface area (Å²) >= 11 is 0.603. The van der Waals surface area contributed by atoms with Crippen LogP contribution < -0.4 is 5.32 Å². The first-order valence-corrected chi connectivity index (χ1v) is 9.66. The van der Waals surface area contributed by atoms with Gasteiger partial charge in [0.2, 0.25) is 19.3 Å². The van der Waals surface area contributed by atoms with Crippen molar-refractivity contribution in [3.63, 3.8) is 0 Å². The zero-order valence-electron chi connectivity index (χ0n) is 13.0. The lowest BCUT2D eigenvalue weighted by molar-refractivity contribution is -0.137. The van der Waals surface area contributed by atoms with Gasteiger partial charge in [-0.05, 0) is 18.6 Å². The molecule has 0 fully saturated rings. The van der Waals surface area contributed by atoms with Crippen molar-refractivity contribution in [1.29, 1.82) is 0 Å². The molecular formula is C14H14F3N3O3S2. The molecule has 0 saturated heterocycles. The van der Waals surface area contributed by atoms with Gasteiger partial charge in [-0.3, -0.25) is 10.1 Å². The van der Waals surface area contributed by atoms with E-state index < -0.39 is 33.0 Å². The number of amides is 1. The summed E-state index contributed by atoms with van der Waals surface area (Å²) in [5, 5.41) is 9.00. The van der Waals surface area contributed by atoms with Gasteiger partial charge in [0, 0.05) is 0 Å². The van der Waals surface area contributed by atoms with Gasteiger partial charge in [-0.2, -0.15) is 13.2 Å². The predicted octanol–water partition coefficient (Wildman–Crippen LogP) is 3.38. The van der Waals surface area contributed by atoms with Gasteiger partial charge >= 0.3 is 6.18 Å². The molecule has 2 rings (SSSR count). The Balaban J connectivity index is 2.21. The van der Waals surface area contributed by atoms with E-state index in [1.165, 1.54) is 12.1 Å². The predicted molar refractivity (Wildman–Crippen MR) is 86.3 cm³/mol. The molecule has 1 N–H and O–H groups in total. The molecule has 0 aliphatic carbocycles. The van der Waals surface area contributed by atoms with Gasteiger partial charge in [0.25, 0.3) is 5.91 Å². The van der Waals surface area contributed by atoms with Crippen LogP contribution in [0.1, 0.15) is 35.7 Å². The molecular weight excluding hydrogens is 379 g/mol. The number of carbonyl (C=O) groups excluding carboxylic acids is 1.